The number of carboxylic acid groups (broad SMARTS) is 1. The van der Waals surface area contributed by atoms with Crippen molar-refractivity contribution in [1.82, 2.24) is 0 Å². The number of aliphatic carboxylic acids is 1. The van der Waals surface area contributed by atoms with Gasteiger partial charge in [0.1, 0.15) is 5.97 Å². The fraction of sp³-hybridized carbons (Fsp3) is 0.500. The van der Waals surface area contributed by atoms with Gasteiger partial charge in [-0.15, -0.1) is 0 Å². The summed E-state index contributed by atoms with van der Waals surface area (Å²) in [6, 6.07) is 0. The molecule has 0 aromatic heterocycles. The number of hydrogen-bond acceptors (Lipinski definition) is 2. The van der Waals surface area contributed by atoms with Crippen LogP contribution in [-0.4, -0.2) is 12.1 Å². The molecule has 0 amide bonds. The van der Waals surface area contributed by atoms with E-state index >= 15 is 0 Å². The van der Waals surface area contributed by atoms with Gasteiger partial charge in [-0.05, 0) is 0 Å². The van der Waals surface area contributed by atoms with Crippen LogP contribution in [0.2, 0.25) is 0 Å². The second-order valence-corrected chi connectivity index (χ2v) is 0.785. The summed E-state index contributed by atoms with van der Waals surface area (Å²) in [7, 11) is 0. The van der Waals surface area contributed by atoms with Gasteiger partial charge in [0.15, 0.2) is 0 Å². The van der Waals surface area contributed by atoms with Crippen molar-refractivity contribution >= 4 is 5.97 Å². The molecule has 0 heterocycles. The Balaban J connectivity index is -0.0000000600. The number of alkyl halides is 3. The maximum Gasteiger partial charge on any atom is 1.00 e. The van der Waals surface area contributed by atoms with E-state index in [0.29, 0.717) is 0 Å². The molecule has 0 bridgehead atoms. The summed E-state index contributed by atoms with van der Waals surface area (Å²) >= 11 is 0. The van der Waals surface area contributed by atoms with E-state index in [1.165, 1.54) is 0 Å². The summed E-state index contributed by atoms with van der Waals surface area (Å²) in [6.07, 6.45) is -5.19. The van der Waals surface area contributed by atoms with Gasteiger partial charge in [-0.3, -0.25) is 0 Å². The zero-order valence-electron chi connectivity index (χ0n) is 5.95. The van der Waals surface area contributed by atoms with Crippen molar-refractivity contribution in [2.24, 2.45) is 0 Å². The molecule has 0 atom stereocenters. The smallest absolute Gasteiger partial charge is 1.00 e. The SMILES string of the molecule is O=C([O-])C(F)(F)F.[Cs+].[Cs+].[H-]. The van der Waals surface area contributed by atoms with Crippen LogP contribution in [0, 0.1) is 0 Å². The molecule has 0 rings (SSSR count). The number of halogens is 3. The van der Waals surface area contributed by atoms with E-state index in [9.17, 15) is 13.2 Å². The minimum atomic E-state index is -5.19. The van der Waals surface area contributed by atoms with E-state index in [1.807, 2.05) is 0 Å². The largest absolute Gasteiger partial charge is 1.00 e. The average molecular weight is 380 g/mol. The number of rotatable bonds is 0. The Bertz CT molecular complexity index is 95.0. The van der Waals surface area contributed by atoms with Gasteiger partial charge in [-0.2, -0.15) is 13.2 Å². The molecule has 0 radical (unpaired) electrons. The number of hydrogen-bond donors (Lipinski definition) is 0. The molecule has 2 nitrogen and oxygen atoms in total. The molecule has 0 aromatic carbocycles. The van der Waals surface area contributed by atoms with Gasteiger partial charge >= 0.3 is 144 Å². The first-order chi connectivity index (χ1) is 2.94. The van der Waals surface area contributed by atoms with E-state index in [0.717, 1.165) is 0 Å². The number of carbonyl (C=O) groups is 1. The first-order valence-corrected chi connectivity index (χ1v) is 1.23. The first-order valence-electron chi connectivity index (χ1n) is 1.23. The maximum atomic E-state index is 10.5. The van der Waals surface area contributed by atoms with Gasteiger partial charge < -0.3 is 11.3 Å². The van der Waals surface area contributed by atoms with Gasteiger partial charge in [0.2, 0.25) is 0 Å². The zero-order chi connectivity index (χ0) is 6.08. The molecule has 0 aromatic rings. The van der Waals surface area contributed by atoms with Crippen molar-refractivity contribution in [2.75, 3.05) is 0 Å². The molecule has 0 aliphatic carbocycles. The Morgan fingerprint density at radius 3 is 1.44 bits per heavy atom. The second-order valence-electron chi connectivity index (χ2n) is 0.785. The summed E-state index contributed by atoms with van der Waals surface area (Å²) in [5.74, 6) is -3.01. The molecule has 0 fully saturated rings. The molecular weight excluding hydrogens is 379 g/mol. The van der Waals surface area contributed by atoms with Crippen molar-refractivity contribution in [3.63, 3.8) is 0 Å². The van der Waals surface area contributed by atoms with Crippen LogP contribution in [0.5, 0.6) is 0 Å². The third-order valence-corrected chi connectivity index (χ3v) is 0.231. The maximum absolute atomic E-state index is 10.5. The molecule has 0 aliphatic rings. The molecule has 0 spiro atoms. The van der Waals surface area contributed by atoms with Crippen LogP contribution in [0.3, 0.4) is 0 Å². The van der Waals surface area contributed by atoms with Crippen LogP contribution in [-0.2, 0) is 4.79 Å². The van der Waals surface area contributed by atoms with E-state index < -0.39 is 12.1 Å². The van der Waals surface area contributed by atoms with E-state index in [1.54, 1.807) is 0 Å². The first kappa shape index (κ1) is 18.2. The predicted molar refractivity (Wildman–Crippen MR) is 12.2 cm³/mol. The van der Waals surface area contributed by atoms with Crippen LogP contribution in [0.4, 0.5) is 13.2 Å². The van der Waals surface area contributed by atoms with Gasteiger partial charge in [-0.25, -0.2) is 0 Å². The predicted octanol–water partition coefficient (Wildman–Crippen LogP) is -6.58. The van der Waals surface area contributed by atoms with Gasteiger partial charge in [0, 0.05) is 0 Å². The fourth-order valence-corrected chi connectivity index (χ4v) is 0. The third-order valence-electron chi connectivity index (χ3n) is 0.231. The third kappa shape index (κ3) is 11.4. The van der Waals surface area contributed by atoms with Crippen LogP contribution >= 0.6 is 0 Å². The van der Waals surface area contributed by atoms with Crippen molar-refractivity contribution in [1.29, 1.82) is 0 Å². The van der Waals surface area contributed by atoms with Crippen LogP contribution in [0.1, 0.15) is 1.43 Å². The summed E-state index contributed by atoms with van der Waals surface area (Å²) in [6.45, 7) is 0. The quantitative estimate of drug-likeness (QED) is 0.420. The molecule has 0 N–H and O–H groups in total. The second kappa shape index (κ2) is 7.98. The summed E-state index contributed by atoms with van der Waals surface area (Å²) in [5.41, 5.74) is 0. The summed E-state index contributed by atoms with van der Waals surface area (Å²) in [5, 5.41) is 8.78. The summed E-state index contributed by atoms with van der Waals surface area (Å²) < 4.78 is 31.5. The van der Waals surface area contributed by atoms with Crippen molar-refractivity contribution in [3.8, 4) is 0 Å². The molecule has 0 aliphatic heterocycles. The number of carbonyl (C=O) groups excluding carboxylic acids is 1. The molecule has 0 saturated carbocycles. The van der Waals surface area contributed by atoms with Gasteiger partial charge in [0.25, 0.3) is 0 Å². The van der Waals surface area contributed by atoms with Crippen molar-refractivity contribution < 1.29 is 162 Å². The zero-order valence-corrected chi connectivity index (χ0v) is 17.5. The Labute approximate surface area is 169 Å². The standard InChI is InChI=1S/C2HF3O2.2Cs.H/c3-2(4,5)1(6)7;;;/h(H,6,7);;;/q;2*+1;-1/p-1. The van der Waals surface area contributed by atoms with Crippen LogP contribution < -0.4 is 143 Å². The summed E-state index contributed by atoms with van der Waals surface area (Å²) in [4.78, 5) is 8.78. The Hall–Kier alpha value is 3.36. The monoisotopic (exact) mass is 380 g/mol. The molecule has 0 saturated heterocycles. The average Bonchev–Trinajstić information content (AvgIpc) is 1.31. The molecular formula is C2HCs2F3O2. The van der Waals surface area contributed by atoms with E-state index in [-0.39, 0.29) is 139 Å². The van der Waals surface area contributed by atoms with Crippen LogP contribution in [0.25, 0.3) is 0 Å². The molecule has 0 unspecified atom stereocenters. The normalized spacial score (nSPS) is 8.78. The Morgan fingerprint density at radius 2 is 1.44 bits per heavy atom. The fourth-order valence-electron chi connectivity index (χ4n) is 0. The van der Waals surface area contributed by atoms with Crippen molar-refractivity contribution in [2.45, 2.75) is 6.18 Å². The Kier molecular flexibility index (Phi) is 16.2. The van der Waals surface area contributed by atoms with Crippen molar-refractivity contribution in [3.05, 3.63) is 0 Å². The van der Waals surface area contributed by atoms with Gasteiger partial charge in [-0.1, -0.05) is 0 Å². The Morgan fingerprint density at radius 1 is 1.33 bits per heavy atom. The topological polar surface area (TPSA) is 40.1 Å². The van der Waals surface area contributed by atoms with Gasteiger partial charge in [0.05, 0.1) is 0 Å². The molecule has 7 heteroatoms. The van der Waals surface area contributed by atoms with E-state index in [2.05, 4.69) is 0 Å². The minimum Gasteiger partial charge on any atom is -1.00 e. The van der Waals surface area contributed by atoms with E-state index in [4.69, 9.17) is 9.90 Å². The van der Waals surface area contributed by atoms with Crippen LogP contribution in [0.15, 0.2) is 0 Å². The molecule has 9 heavy (non-hydrogen) atoms. The minimum absolute atomic E-state index is 0. The number of carboxylic acids is 1. The molecule has 44 valence electrons.